The third kappa shape index (κ3) is 12.0. The van der Waals surface area contributed by atoms with Gasteiger partial charge in [0.15, 0.2) is 0 Å². The molecule has 1 aliphatic rings. The van der Waals surface area contributed by atoms with Crippen LogP contribution in [0.1, 0.15) is 72.6 Å². The molecule has 0 saturated carbocycles. The predicted molar refractivity (Wildman–Crippen MR) is 143 cm³/mol. The molecular formula is C26H43N5O9. The normalized spacial score (nSPS) is 15.2. The van der Waals surface area contributed by atoms with E-state index >= 15 is 0 Å². The van der Waals surface area contributed by atoms with E-state index in [2.05, 4.69) is 21.3 Å². The van der Waals surface area contributed by atoms with Crippen LogP contribution in [-0.4, -0.2) is 94.3 Å². The van der Waals surface area contributed by atoms with Crippen LogP contribution in [0.2, 0.25) is 0 Å². The van der Waals surface area contributed by atoms with Gasteiger partial charge in [-0.05, 0) is 38.0 Å². The third-order valence-corrected chi connectivity index (χ3v) is 6.60. The number of carbonyl (C=O) groups excluding carboxylic acids is 5. The first kappa shape index (κ1) is 34.3. The maximum Gasteiger partial charge on any atom is 0.326 e. The van der Waals surface area contributed by atoms with E-state index in [4.69, 9.17) is 0 Å². The summed E-state index contributed by atoms with van der Waals surface area (Å²) in [6.07, 6.45) is 1.49. The number of hydrogen-bond acceptors (Lipinski definition) is 7. The van der Waals surface area contributed by atoms with Crippen LogP contribution in [0, 0.1) is 11.8 Å². The van der Waals surface area contributed by atoms with Crippen molar-refractivity contribution in [3.63, 3.8) is 0 Å². The summed E-state index contributed by atoms with van der Waals surface area (Å²) in [4.78, 5) is 88.2. The van der Waals surface area contributed by atoms with E-state index in [0.29, 0.717) is 25.9 Å². The number of nitrogens with zero attached hydrogens (tertiary/aromatic N) is 1. The Balaban J connectivity index is 3.05. The molecule has 1 rings (SSSR count). The molecule has 5 amide bonds. The fraction of sp³-hybridized carbons (Fsp3) is 0.731. The molecule has 40 heavy (non-hydrogen) atoms. The highest BCUT2D eigenvalue weighted by atomic mass is 16.4. The van der Waals surface area contributed by atoms with Gasteiger partial charge < -0.3 is 36.4 Å². The molecule has 6 N–H and O–H groups in total. The van der Waals surface area contributed by atoms with Gasteiger partial charge >= 0.3 is 11.9 Å². The molecule has 0 bridgehead atoms. The van der Waals surface area contributed by atoms with Crippen LogP contribution in [0.15, 0.2) is 0 Å². The minimum atomic E-state index is -1.67. The van der Waals surface area contributed by atoms with Crippen LogP contribution in [0.5, 0.6) is 0 Å². The van der Waals surface area contributed by atoms with Gasteiger partial charge in [-0.2, -0.15) is 0 Å². The molecule has 0 aromatic rings. The predicted octanol–water partition coefficient (Wildman–Crippen LogP) is -0.389. The van der Waals surface area contributed by atoms with E-state index in [1.807, 2.05) is 13.8 Å². The molecule has 1 heterocycles. The zero-order valence-corrected chi connectivity index (χ0v) is 23.7. The van der Waals surface area contributed by atoms with Gasteiger partial charge in [0.05, 0.1) is 19.4 Å². The van der Waals surface area contributed by atoms with Gasteiger partial charge in [0.2, 0.25) is 29.5 Å². The van der Waals surface area contributed by atoms with Crippen molar-refractivity contribution < 1.29 is 43.8 Å². The molecule has 0 radical (unpaired) electrons. The fourth-order valence-electron chi connectivity index (χ4n) is 4.32. The Hall–Kier alpha value is -3.71. The molecule has 14 nitrogen and oxygen atoms in total. The first-order chi connectivity index (χ1) is 18.8. The van der Waals surface area contributed by atoms with Crippen molar-refractivity contribution >= 4 is 41.5 Å². The number of aliphatic carboxylic acids is 2. The van der Waals surface area contributed by atoms with Gasteiger partial charge in [-0.15, -0.1) is 0 Å². The maximum absolute atomic E-state index is 13.2. The van der Waals surface area contributed by atoms with Crippen LogP contribution < -0.4 is 21.3 Å². The minimum absolute atomic E-state index is 0.0699. The van der Waals surface area contributed by atoms with Gasteiger partial charge in [0.25, 0.3) is 0 Å². The number of likely N-dealkylation sites (tertiary alicyclic amines) is 1. The minimum Gasteiger partial charge on any atom is -0.481 e. The fourth-order valence-corrected chi connectivity index (χ4v) is 4.32. The van der Waals surface area contributed by atoms with Crippen LogP contribution in [0.3, 0.4) is 0 Å². The summed E-state index contributed by atoms with van der Waals surface area (Å²) in [6.45, 7) is 7.69. The SMILES string of the molecule is CCC(CC)C(=O)NCC(=O)NC(CC(=O)N1CCCC1)C(=O)NC(CC(=O)O)C(=O)NC(CC(C)C)C(=O)O. The molecule has 14 heteroatoms. The standard InChI is InChI=1S/C26H43N5O9/c1-5-16(6-2)23(36)27-14-20(32)28-17(12-21(33)31-9-7-8-10-31)24(37)29-18(13-22(34)35)25(38)30-19(26(39)40)11-15(3)4/h15-19H,5-14H2,1-4H3,(H,27,36)(H,28,32)(H,29,37)(H,30,38)(H,34,35)(H,39,40). The van der Waals surface area contributed by atoms with E-state index in [1.165, 1.54) is 4.90 Å². The molecule has 0 aromatic carbocycles. The van der Waals surface area contributed by atoms with Crippen molar-refractivity contribution in [1.82, 2.24) is 26.2 Å². The van der Waals surface area contributed by atoms with Gasteiger partial charge in [-0.25, -0.2) is 4.79 Å². The smallest absolute Gasteiger partial charge is 0.326 e. The molecule has 1 fully saturated rings. The summed E-state index contributed by atoms with van der Waals surface area (Å²) in [5.41, 5.74) is 0. The highest BCUT2D eigenvalue weighted by molar-refractivity contribution is 5.97. The molecule has 226 valence electrons. The summed E-state index contributed by atoms with van der Waals surface area (Å²) in [5, 5.41) is 28.1. The zero-order valence-electron chi connectivity index (χ0n) is 23.7. The number of amides is 5. The van der Waals surface area contributed by atoms with Gasteiger partial charge in [-0.1, -0.05) is 27.7 Å². The van der Waals surface area contributed by atoms with Crippen molar-refractivity contribution in [3.8, 4) is 0 Å². The maximum atomic E-state index is 13.2. The van der Waals surface area contributed by atoms with Crippen molar-refractivity contribution in [2.75, 3.05) is 19.6 Å². The topological polar surface area (TPSA) is 211 Å². The quantitative estimate of drug-likeness (QED) is 0.134. The Morgan fingerprint density at radius 2 is 1.27 bits per heavy atom. The Bertz CT molecular complexity index is 930. The molecule has 3 atom stereocenters. The summed E-state index contributed by atoms with van der Waals surface area (Å²) in [7, 11) is 0. The first-order valence-electron chi connectivity index (χ1n) is 13.7. The second kappa shape index (κ2) is 17.1. The van der Waals surface area contributed by atoms with Crippen LogP contribution in [-0.2, 0) is 33.6 Å². The highest BCUT2D eigenvalue weighted by Gasteiger charge is 2.33. The second-order valence-corrected chi connectivity index (χ2v) is 10.3. The molecular weight excluding hydrogens is 526 g/mol. The van der Waals surface area contributed by atoms with E-state index in [1.54, 1.807) is 13.8 Å². The van der Waals surface area contributed by atoms with E-state index in [9.17, 15) is 43.8 Å². The number of carboxylic acids is 2. The van der Waals surface area contributed by atoms with Gasteiger partial charge in [0, 0.05) is 19.0 Å². The highest BCUT2D eigenvalue weighted by Crippen LogP contribution is 2.11. The second-order valence-electron chi connectivity index (χ2n) is 10.3. The average molecular weight is 570 g/mol. The molecule has 0 spiro atoms. The van der Waals surface area contributed by atoms with Crippen molar-refractivity contribution in [2.24, 2.45) is 11.8 Å². The van der Waals surface area contributed by atoms with Crippen LogP contribution >= 0.6 is 0 Å². The van der Waals surface area contributed by atoms with Crippen molar-refractivity contribution in [2.45, 2.75) is 90.8 Å². The average Bonchev–Trinajstić information content (AvgIpc) is 3.41. The lowest BCUT2D eigenvalue weighted by Gasteiger charge is -2.25. The first-order valence-corrected chi connectivity index (χ1v) is 13.7. The van der Waals surface area contributed by atoms with E-state index in [-0.39, 0.29) is 24.2 Å². The summed E-state index contributed by atoms with van der Waals surface area (Å²) in [6, 6.07) is -4.46. The summed E-state index contributed by atoms with van der Waals surface area (Å²) >= 11 is 0. The Morgan fingerprint density at radius 3 is 1.75 bits per heavy atom. The Morgan fingerprint density at radius 1 is 0.750 bits per heavy atom. The Kier molecular flexibility index (Phi) is 14.7. The number of carboxylic acid groups (broad SMARTS) is 2. The monoisotopic (exact) mass is 569 g/mol. The molecule has 0 aromatic heterocycles. The number of hydrogen-bond donors (Lipinski definition) is 6. The Labute approximate surface area is 234 Å². The van der Waals surface area contributed by atoms with Gasteiger partial charge in [-0.3, -0.25) is 28.8 Å². The lowest BCUT2D eigenvalue weighted by Crippen LogP contribution is -2.57. The van der Waals surface area contributed by atoms with E-state index < -0.39 is 73.1 Å². The number of carbonyl (C=O) groups is 7. The summed E-state index contributed by atoms with van der Waals surface area (Å²) in [5.74, 6) is -6.67. The van der Waals surface area contributed by atoms with Crippen LogP contribution in [0.4, 0.5) is 0 Å². The number of nitrogens with one attached hydrogen (secondary N) is 4. The van der Waals surface area contributed by atoms with Crippen LogP contribution in [0.25, 0.3) is 0 Å². The van der Waals surface area contributed by atoms with E-state index in [0.717, 1.165) is 12.8 Å². The van der Waals surface area contributed by atoms with Crippen molar-refractivity contribution in [1.29, 1.82) is 0 Å². The number of rotatable bonds is 17. The molecule has 1 saturated heterocycles. The largest absolute Gasteiger partial charge is 0.481 e. The molecule has 3 unspecified atom stereocenters. The van der Waals surface area contributed by atoms with Crippen molar-refractivity contribution in [3.05, 3.63) is 0 Å². The lowest BCUT2D eigenvalue weighted by molar-refractivity contribution is -0.144. The zero-order chi connectivity index (χ0) is 30.4. The summed E-state index contributed by atoms with van der Waals surface area (Å²) < 4.78 is 0. The molecule has 0 aliphatic carbocycles. The lowest BCUT2D eigenvalue weighted by atomic mass is 10.0. The third-order valence-electron chi connectivity index (χ3n) is 6.60. The van der Waals surface area contributed by atoms with Gasteiger partial charge in [0.1, 0.15) is 18.1 Å². The molecule has 1 aliphatic heterocycles.